The molecule has 1 aliphatic heterocycles. The van der Waals surface area contributed by atoms with E-state index in [9.17, 15) is 9.59 Å². The van der Waals surface area contributed by atoms with Crippen molar-refractivity contribution < 1.29 is 9.59 Å². The molecule has 2 amide bonds. The van der Waals surface area contributed by atoms with Crippen LogP contribution in [0.15, 0.2) is 18.7 Å². The Morgan fingerprint density at radius 2 is 2.33 bits per heavy atom. The monoisotopic (exact) mass is 250 g/mol. The van der Waals surface area contributed by atoms with Crippen LogP contribution < -0.4 is 5.32 Å². The zero-order valence-electron chi connectivity index (χ0n) is 10.5. The molecule has 0 saturated carbocycles. The lowest BCUT2D eigenvalue weighted by Crippen LogP contribution is -2.51. The summed E-state index contributed by atoms with van der Waals surface area (Å²) in [4.78, 5) is 28.3. The van der Waals surface area contributed by atoms with E-state index in [1.54, 1.807) is 19.6 Å². The molecule has 1 N–H and O–H groups in total. The summed E-state index contributed by atoms with van der Waals surface area (Å²) in [6.45, 7) is 1.64. The van der Waals surface area contributed by atoms with Gasteiger partial charge in [-0.3, -0.25) is 14.5 Å². The molecule has 2 rings (SSSR count). The summed E-state index contributed by atoms with van der Waals surface area (Å²) in [5.74, 6) is -0.203. The highest BCUT2D eigenvalue weighted by Gasteiger charge is 2.30. The lowest BCUT2D eigenvalue weighted by Gasteiger charge is -2.28. The molecule has 1 unspecified atom stereocenters. The molecule has 0 spiro atoms. The number of hydrogen-bond donors (Lipinski definition) is 1. The maximum atomic E-state index is 11.8. The van der Waals surface area contributed by atoms with Crippen LogP contribution in [0.25, 0.3) is 0 Å². The normalized spacial score (nSPS) is 20.5. The van der Waals surface area contributed by atoms with Crippen LogP contribution >= 0.6 is 0 Å². The second-order valence-electron chi connectivity index (χ2n) is 4.49. The number of imide groups is 1. The fraction of sp³-hybridized carbons (Fsp3) is 0.583. The molecule has 0 aliphatic carbocycles. The Hall–Kier alpha value is -1.69. The Morgan fingerprint density at radius 3 is 3.06 bits per heavy atom. The van der Waals surface area contributed by atoms with Crippen molar-refractivity contribution >= 4 is 11.8 Å². The van der Waals surface area contributed by atoms with Crippen molar-refractivity contribution in [3.8, 4) is 0 Å². The number of carbonyl (C=O) groups excluding carboxylic acids is 2. The van der Waals surface area contributed by atoms with Crippen LogP contribution in [-0.4, -0.2) is 45.9 Å². The average Bonchev–Trinajstić information content (AvgIpc) is 2.87. The molecule has 6 heteroatoms. The third-order valence-corrected chi connectivity index (χ3v) is 3.19. The SMILES string of the molecule is CN1C(=O)CCC(NCCCn2ccnc2)C1=O. The van der Waals surface area contributed by atoms with E-state index in [0.717, 1.165) is 19.5 Å². The van der Waals surface area contributed by atoms with Crippen LogP contribution in [0.1, 0.15) is 19.3 Å². The standard InChI is InChI=1S/C12H18N4O2/c1-15-11(17)4-3-10(12(15)18)14-5-2-7-16-8-6-13-9-16/h6,8-10,14H,2-5,7H2,1H3. The van der Waals surface area contributed by atoms with Crippen LogP contribution in [-0.2, 0) is 16.1 Å². The summed E-state index contributed by atoms with van der Waals surface area (Å²) in [5.41, 5.74) is 0. The molecule has 98 valence electrons. The minimum absolute atomic E-state index is 0.0866. The number of nitrogens with one attached hydrogen (secondary N) is 1. The molecule has 1 aromatic heterocycles. The highest BCUT2D eigenvalue weighted by atomic mass is 16.2. The molecule has 1 aromatic rings. The molecule has 1 fully saturated rings. The molecule has 1 atom stereocenters. The van der Waals surface area contributed by atoms with E-state index in [0.29, 0.717) is 12.8 Å². The molecule has 1 aliphatic rings. The molecular formula is C12H18N4O2. The van der Waals surface area contributed by atoms with Crippen LogP contribution in [0.2, 0.25) is 0 Å². The first-order valence-corrected chi connectivity index (χ1v) is 6.18. The summed E-state index contributed by atoms with van der Waals surface area (Å²) in [6, 6.07) is -0.213. The van der Waals surface area contributed by atoms with Gasteiger partial charge >= 0.3 is 0 Å². The minimum atomic E-state index is -0.213. The van der Waals surface area contributed by atoms with Crippen LogP contribution in [0.3, 0.4) is 0 Å². The van der Waals surface area contributed by atoms with Gasteiger partial charge in [0.2, 0.25) is 11.8 Å². The predicted molar refractivity (Wildman–Crippen MR) is 65.6 cm³/mol. The molecule has 18 heavy (non-hydrogen) atoms. The molecule has 0 bridgehead atoms. The van der Waals surface area contributed by atoms with Gasteiger partial charge in [0, 0.05) is 32.4 Å². The van der Waals surface area contributed by atoms with Gasteiger partial charge in [-0.2, -0.15) is 0 Å². The average molecular weight is 250 g/mol. The lowest BCUT2D eigenvalue weighted by molar-refractivity contribution is -0.148. The van der Waals surface area contributed by atoms with Crippen LogP contribution in [0.5, 0.6) is 0 Å². The van der Waals surface area contributed by atoms with E-state index in [2.05, 4.69) is 10.3 Å². The number of amides is 2. The first kappa shape index (κ1) is 12.8. The van der Waals surface area contributed by atoms with E-state index in [1.807, 2.05) is 10.8 Å². The summed E-state index contributed by atoms with van der Waals surface area (Å²) >= 11 is 0. The Morgan fingerprint density at radius 1 is 1.50 bits per heavy atom. The number of carbonyl (C=O) groups is 2. The third kappa shape index (κ3) is 2.95. The van der Waals surface area contributed by atoms with Crippen molar-refractivity contribution in [3.63, 3.8) is 0 Å². The summed E-state index contributed by atoms with van der Waals surface area (Å²) in [7, 11) is 1.55. The maximum Gasteiger partial charge on any atom is 0.246 e. The summed E-state index contributed by atoms with van der Waals surface area (Å²) < 4.78 is 2.00. The van der Waals surface area contributed by atoms with Gasteiger partial charge in [0.05, 0.1) is 12.4 Å². The van der Waals surface area contributed by atoms with Crippen molar-refractivity contribution in [2.24, 2.45) is 0 Å². The van der Waals surface area contributed by atoms with Gasteiger partial charge < -0.3 is 9.88 Å². The minimum Gasteiger partial charge on any atom is -0.337 e. The topological polar surface area (TPSA) is 67.2 Å². The highest BCUT2D eigenvalue weighted by molar-refractivity contribution is 6.00. The van der Waals surface area contributed by atoms with Gasteiger partial charge in [-0.15, -0.1) is 0 Å². The number of hydrogen-bond acceptors (Lipinski definition) is 4. The molecule has 1 saturated heterocycles. The Labute approximate surface area is 106 Å². The molecule has 0 aromatic carbocycles. The van der Waals surface area contributed by atoms with E-state index in [1.165, 1.54) is 4.90 Å². The van der Waals surface area contributed by atoms with E-state index >= 15 is 0 Å². The van der Waals surface area contributed by atoms with Crippen molar-refractivity contribution in [1.29, 1.82) is 0 Å². The number of nitrogens with zero attached hydrogens (tertiary/aromatic N) is 3. The predicted octanol–water partition coefficient (Wildman–Crippen LogP) is 0.0102. The molecule has 2 heterocycles. The Bertz CT molecular complexity index is 416. The first-order valence-electron chi connectivity index (χ1n) is 6.18. The van der Waals surface area contributed by atoms with Gasteiger partial charge in [0.25, 0.3) is 0 Å². The zero-order valence-corrected chi connectivity index (χ0v) is 10.5. The lowest BCUT2D eigenvalue weighted by atomic mass is 10.0. The number of rotatable bonds is 5. The van der Waals surface area contributed by atoms with Gasteiger partial charge in [0.1, 0.15) is 0 Å². The number of piperidine rings is 1. The summed E-state index contributed by atoms with van der Waals surface area (Å²) in [5, 5.41) is 3.21. The highest BCUT2D eigenvalue weighted by Crippen LogP contribution is 2.11. The maximum absolute atomic E-state index is 11.8. The van der Waals surface area contributed by atoms with Gasteiger partial charge in [-0.05, 0) is 19.4 Å². The van der Waals surface area contributed by atoms with Crippen molar-refractivity contribution in [3.05, 3.63) is 18.7 Å². The Balaban J connectivity index is 1.70. The number of likely N-dealkylation sites (N-methyl/N-ethyl adjacent to an activating group) is 1. The van der Waals surface area contributed by atoms with E-state index in [4.69, 9.17) is 0 Å². The molecular weight excluding hydrogens is 232 g/mol. The molecule has 0 radical (unpaired) electrons. The number of imidazole rings is 1. The van der Waals surface area contributed by atoms with Crippen molar-refractivity contribution in [2.45, 2.75) is 31.8 Å². The second kappa shape index (κ2) is 5.77. The smallest absolute Gasteiger partial charge is 0.246 e. The van der Waals surface area contributed by atoms with Gasteiger partial charge in [-0.1, -0.05) is 0 Å². The molecule has 6 nitrogen and oxygen atoms in total. The third-order valence-electron chi connectivity index (χ3n) is 3.19. The second-order valence-corrected chi connectivity index (χ2v) is 4.49. The number of aryl methyl sites for hydroxylation is 1. The number of likely N-dealkylation sites (tertiary alicyclic amines) is 1. The quantitative estimate of drug-likeness (QED) is 0.590. The fourth-order valence-corrected chi connectivity index (χ4v) is 2.06. The number of aromatic nitrogens is 2. The van der Waals surface area contributed by atoms with Crippen LogP contribution in [0.4, 0.5) is 0 Å². The van der Waals surface area contributed by atoms with Crippen molar-refractivity contribution in [1.82, 2.24) is 19.8 Å². The van der Waals surface area contributed by atoms with Crippen molar-refractivity contribution in [2.75, 3.05) is 13.6 Å². The Kier molecular flexibility index (Phi) is 4.09. The zero-order chi connectivity index (χ0) is 13.0. The van der Waals surface area contributed by atoms with E-state index < -0.39 is 0 Å². The summed E-state index contributed by atoms with van der Waals surface area (Å²) in [6.07, 6.45) is 7.42. The largest absolute Gasteiger partial charge is 0.337 e. The fourth-order valence-electron chi connectivity index (χ4n) is 2.06. The van der Waals surface area contributed by atoms with Gasteiger partial charge in [-0.25, -0.2) is 4.98 Å². The first-order chi connectivity index (χ1) is 8.68. The van der Waals surface area contributed by atoms with Gasteiger partial charge in [0.15, 0.2) is 0 Å². The van der Waals surface area contributed by atoms with Crippen LogP contribution in [0, 0.1) is 0 Å². The van der Waals surface area contributed by atoms with E-state index in [-0.39, 0.29) is 17.9 Å².